The van der Waals surface area contributed by atoms with Gasteiger partial charge in [-0.15, -0.1) is 0 Å². The molecule has 1 aliphatic carbocycles. The van der Waals surface area contributed by atoms with Crippen molar-refractivity contribution in [3.05, 3.63) is 0 Å². The highest BCUT2D eigenvalue weighted by Gasteiger charge is 2.62. The van der Waals surface area contributed by atoms with Crippen molar-refractivity contribution in [3.63, 3.8) is 0 Å². The van der Waals surface area contributed by atoms with E-state index in [-0.39, 0.29) is 22.7 Å². The maximum Gasteiger partial charge on any atom is 0.222 e. The second kappa shape index (κ2) is 4.30. The third-order valence-electron chi connectivity index (χ3n) is 4.19. The standard InChI is InChI=1S/C13H20O3S/c1-8(2)7-13-10(5-4-6-11(13)14)9(3)12(15)17(13)16/h8-10H,4-7H2,1-3H3/t9?,10?,13-,17?/m1/s1. The fraction of sp³-hybridized carbons (Fsp3) is 0.846. The Morgan fingerprint density at radius 3 is 2.65 bits per heavy atom. The molecule has 0 N–H and O–H groups in total. The van der Waals surface area contributed by atoms with Crippen LogP contribution < -0.4 is 0 Å². The van der Waals surface area contributed by atoms with Gasteiger partial charge in [0, 0.05) is 12.3 Å². The SMILES string of the molecule is CC(C)C[C@]12C(=O)CCCC1C(C)C(=O)S2=O. The molecular weight excluding hydrogens is 236 g/mol. The number of carbonyl (C=O) groups is 2. The van der Waals surface area contributed by atoms with Gasteiger partial charge in [-0.25, -0.2) is 0 Å². The highest BCUT2D eigenvalue weighted by atomic mass is 32.2. The number of Topliss-reactive ketones (excluding diaryl/α,β-unsaturated/α-hetero) is 1. The molecule has 0 radical (unpaired) electrons. The van der Waals surface area contributed by atoms with Crippen molar-refractivity contribution in [2.75, 3.05) is 0 Å². The molecule has 0 aromatic heterocycles. The van der Waals surface area contributed by atoms with Crippen LogP contribution in [-0.4, -0.2) is 19.9 Å². The zero-order valence-corrected chi connectivity index (χ0v) is 11.5. The molecule has 0 spiro atoms. The zero-order valence-electron chi connectivity index (χ0n) is 10.7. The number of hydrogen-bond donors (Lipinski definition) is 0. The molecule has 1 heterocycles. The molecule has 1 saturated heterocycles. The van der Waals surface area contributed by atoms with E-state index in [9.17, 15) is 13.8 Å². The van der Waals surface area contributed by atoms with Gasteiger partial charge >= 0.3 is 0 Å². The topological polar surface area (TPSA) is 51.2 Å². The molecule has 4 atom stereocenters. The second-order valence-electron chi connectivity index (χ2n) is 5.79. The lowest BCUT2D eigenvalue weighted by Gasteiger charge is -2.38. The van der Waals surface area contributed by atoms with Crippen LogP contribution in [0.4, 0.5) is 0 Å². The molecule has 1 saturated carbocycles. The van der Waals surface area contributed by atoms with Crippen LogP contribution in [0.5, 0.6) is 0 Å². The second-order valence-corrected chi connectivity index (χ2v) is 7.45. The largest absolute Gasteiger partial charge is 0.298 e. The van der Waals surface area contributed by atoms with Crippen molar-refractivity contribution in [2.24, 2.45) is 17.8 Å². The van der Waals surface area contributed by atoms with Gasteiger partial charge in [-0.05, 0) is 31.1 Å². The summed E-state index contributed by atoms with van der Waals surface area (Å²) in [6.45, 7) is 5.89. The Morgan fingerprint density at radius 1 is 1.41 bits per heavy atom. The van der Waals surface area contributed by atoms with Gasteiger partial charge in [-0.2, -0.15) is 0 Å². The predicted molar refractivity (Wildman–Crippen MR) is 66.8 cm³/mol. The van der Waals surface area contributed by atoms with Crippen molar-refractivity contribution in [1.29, 1.82) is 0 Å². The minimum Gasteiger partial charge on any atom is -0.298 e. The van der Waals surface area contributed by atoms with Crippen LogP contribution in [0.25, 0.3) is 0 Å². The molecule has 17 heavy (non-hydrogen) atoms. The molecule has 0 aromatic rings. The van der Waals surface area contributed by atoms with Crippen LogP contribution in [0.1, 0.15) is 46.5 Å². The van der Waals surface area contributed by atoms with E-state index in [2.05, 4.69) is 0 Å². The minimum atomic E-state index is -1.61. The first-order chi connectivity index (χ1) is 7.91. The van der Waals surface area contributed by atoms with Gasteiger partial charge in [0.2, 0.25) is 5.12 Å². The maximum atomic E-state index is 12.4. The first-order valence-corrected chi connectivity index (χ1v) is 7.55. The highest BCUT2D eigenvalue weighted by molar-refractivity contribution is 8.02. The van der Waals surface area contributed by atoms with Crippen LogP contribution in [0, 0.1) is 17.8 Å². The molecule has 4 heteroatoms. The van der Waals surface area contributed by atoms with Crippen molar-refractivity contribution in [2.45, 2.75) is 51.2 Å². The number of hydrogen-bond acceptors (Lipinski definition) is 3. The molecule has 3 unspecified atom stereocenters. The van der Waals surface area contributed by atoms with Gasteiger partial charge in [0.15, 0.2) is 5.78 Å². The molecule has 0 aromatic carbocycles. The summed E-state index contributed by atoms with van der Waals surface area (Å²) < 4.78 is 11.5. The summed E-state index contributed by atoms with van der Waals surface area (Å²) in [5.41, 5.74) is 0. The van der Waals surface area contributed by atoms with E-state index in [0.717, 1.165) is 12.8 Å². The Bertz CT molecular complexity index is 388. The minimum absolute atomic E-state index is 0.0134. The summed E-state index contributed by atoms with van der Waals surface area (Å²) in [6.07, 6.45) is 2.81. The molecule has 96 valence electrons. The Balaban J connectivity index is 2.48. The Labute approximate surface area is 105 Å². The molecule has 2 aliphatic rings. The molecular formula is C13H20O3S. The normalized spacial score (nSPS) is 42.0. The summed E-state index contributed by atoms with van der Waals surface area (Å²) in [5.74, 6) is 0.165. The average Bonchev–Trinajstić information content (AvgIpc) is 2.44. The fourth-order valence-corrected chi connectivity index (χ4v) is 5.74. The Kier molecular flexibility index (Phi) is 3.27. The summed E-state index contributed by atoms with van der Waals surface area (Å²) in [4.78, 5) is 24.2. The van der Waals surface area contributed by atoms with E-state index < -0.39 is 15.5 Å². The monoisotopic (exact) mass is 256 g/mol. The summed E-state index contributed by atoms with van der Waals surface area (Å²) in [7, 11) is -1.61. The average molecular weight is 256 g/mol. The van der Waals surface area contributed by atoms with Gasteiger partial charge in [0.1, 0.15) is 15.5 Å². The van der Waals surface area contributed by atoms with Crippen LogP contribution >= 0.6 is 0 Å². The van der Waals surface area contributed by atoms with E-state index in [1.54, 1.807) is 0 Å². The fourth-order valence-electron chi connectivity index (χ4n) is 3.49. The predicted octanol–water partition coefficient (Wildman–Crippen LogP) is 2.07. The van der Waals surface area contributed by atoms with E-state index >= 15 is 0 Å². The maximum absolute atomic E-state index is 12.4. The molecule has 3 nitrogen and oxygen atoms in total. The number of carbonyl (C=O) groups excluding carboxylic acids is 2. The van der Waals surface area contributed by atoms with Crippen LogP contribution in [0.3, 0.4) is 0 Å². The van der Waals surface area contributed by atoms with Crippen molar-refractivity contribution >= 4 is 21.7 Å². The smallest absolute Gasteiger partial charge is 0.222 e. The first-order valence-electron chi connectivity index (χ1n) is 6.40. The van der Waals surface area contributed by atoms with Gasteiger partial charge in [-0.3, -0.25) is 13.8 Å². The van der Waals surface area contributed by atoms with Crippen LogP contribution in [0.2, 0.25) is 0 Å². The van der Waals surface area contributed by atoms with E-state index in [1.165, 1.54) is 0 Å². The van der Waals surface area contributed by atoms with Crippen molar-refractivity contribution < 1.29 is 13.8 Å². The number of ketones is 1. The quantitative estimate of drug-likeness (QED) is 0.760. The lowest BCUT2D eigenvalue weighted by Crippen LogP contribution is -2.49. The lowest BCUT2D eigenvalue weighted by molar-refractivity contribution is -0.125. The van der Waals surface area contributed by atoms with E-state index in [4.69, 9.17) is 0 Å². The summed E-state index contributed by atoms with van der Waals surface area (Å²) >= 11 is 0. The third kappa shape index (κ3) is 1.72. The summed E-state index contributed by atoms with van der Waals surface area (Å²) in [6, 6.07) is 0. The number of fused-ring (bicyclic) bond motifs is 1. The third-order valence-corrected chi connectivity index (χ3v) is 6.29. The Hall–Kier alpha value is -0.510. The lowest BCUT2D eigenvalue weighted by atomic mass is 9.69. The van der Waals surface area contributed by atoms with E-state index in [0.29, 0.717) is 18.8 Å². The molecule has 1 aliphatic heterocycles. The van der Waals surface area contributed by atoms with Crippen LogP contribution in [-0.2, 0) is 20.4 Å². The van der Waals surface area contributed by atoms with Crippen LogP contribution in [0.15, 0.2) is 0 Å². The first kappa shape index (κ1) is 12.9. The molecule has 0 bridgehead atoms. The van der Waals surface area contributed by atoms with Crippen molar-refractivity contribution in [3.8, 4) is 0 Å². The summed E-state index contributed by atoms with van der Waals surface area (Å²) in [5, 5.41) is -0.203. The van der Waals surface area contributed by atoms with Gasteiger partial charge in [-0.1, -0.05) is 20.8 Å². The highest BCUT2D eigenvalue weighted by Crippen LogP contribution is 2.50. The zero-order chi connectivity index (χ0) is 12.8. The van der Waals surface area contributed by atoms with Gasteiger partial charge in [0.25, 0.3) is 0 Å². The molecule has 0 amide bonds. The van der Waals surface area contributed by atoms with Crippen molar-refractivity contribution in [1.82, 2.24) is 0 Å². The molecule has 2 rings (SSSR count). The van der Waals surface area contributed by atoms with E-state index in [1.807, 2.05) is 20.8 Å². The van der Waals surface area contributed by atoms with Gasteiger partial charge in [0.05, 0.1) is 0 Å². The Morgan fingerprint density at radius 2 is 2.06 bits per heavy atom. The number of rotatable bonds is 2. The molecule has 2 fully saturated rings. The van der Waals surface area contributed by atoms with Gasteiger partial charge < -0.3 is 0 Å².